The Bertz CT molecular complexity index is 1820. The molecule has 588 valence electrons. The smallest absolute Gasteiger partial charge is 0.462 e. The normalized spacial score (nSPS) is 13.8. The lowest BCUT2D eigenvalue weighted by Crippen LogP contribution is -2.37. The molecule has 0 spiro atoms. The van der Waals surface area contributed by atoms with Crippen LogP contribution in [0.15, 0.2) is 0 Å². The lowest BCUT2D eigenvalue weighted by atomic mass is 10.0. The molecule has 0 aromatic rings. The van der Waals surface area contributed by atoms with Crippen molar-refractivity contribution in [3.05, 3.63) is 0 Å². The zero-order valence-electron chi connectivity index (χ0n) is 66.3. The minimum absolute atomic E-state index is 0.123. The van der Waals surface area contributed by atoms with Crippen LogP contribution in [0.1, 0.15) is 387 Å². The molecular formula is C80H160N2O15P2+2. The van der Waals surface area contributed by atoms with Crippen LogP contribution < -0.4 is 0 Å². The molecule has 0 N–H and O–H groups in total. The van der Waals surface area contributed by atoms with E-state index in [2.05, 4.69) is 27.7 Å². The first-order valence-corrected chi connectivity index (χ1v) is 44.4. The molecule has 3 unspecified atom stereocenters. The first-order valence-electron chi connectivity index (χ1n) is 41.5. The quantitative estimate of drug-likeness (QED) is 0.0184. The van der Waals surface area contributed by atoms with E-state index in [4.69, 9.17) is 41.4 Å². The molecule has 0 aliphatic carbocycles. The number of hydrogen-bond acceptors (Lipinski definition) is 15. The standard InChI is InChI=1S/C80H160N2O15P2/c1-11-15-19-23-27-31-35-39-43-47-51-55-59-63-77(83)89-71-75(95-79(85)65-61-57-53-49-45-41-37-33-29-25-21-17-13-3)73-93-98(87,91-69-67-81(5,6)7)97-99(88,92-70-68-82(8,9)10)94-74-76(96-80(86)66-62-58-54-50-46-42-38-34-30-26-22-18-14-4)72-90-78(84)64-60-56-52-48-44-40-36-32-28-24-20-16-12-2/h75-76H,11-74H2,1-10H3/q+2/t75-,76?,98?,99?/m1/s1. The number of nitrogens with zero attached hydrogens (tertiary/aromatic N) is 2. The number of quaternary nitrogens is 2. The summed E-state index contributed by atoms with van der Waals surface area (Å²) < 4.78 is 84.2. The Labute approximate surface area is 609 Å². The number of esters is 4. The van der Waals surface area contributed by atoms with E-state index in [1.807, 2.05) is 42.3 Å². The van der Waals surface area contributed by atoms with E-state index < -0.39 is 64.9 Å². The van der Waals surface area contributed by atoms with Gasteiger partial charge < -0.3 is 27.9 Å². The highest BCUT2D eigenvalue weighted by Crippen LogP contribution is 2.66. The summed E-state index contributed by atoms with van der Waals surface area (Å²) in [7, 11) is 1.54. The van der Waals surface area contributed by atoms with Crippen molar-refractivity contribution in [1.82, 2.24) is 0 Å². The minimum atomic E-state index is -4.99. The average Bonchev–Trinajstić information content (AvgIpc) is 0.832. The van der Waals surface area contributed by atoms with Crippen LogP contribution >= 0.6 is 15.6 Å². The number of likely N-dealkylation sites (N-methyl/N-ethyl adjacent to an activating group) is 2. The zero-order chi connectivity index (χ0) is 73.1. The summed E-state index contributed by atoms with van der Waals surface area (Å²) in [5, 5.41) is 0. The van der Waals surface area contributed by atoms with Crippen molar-refractivity contribution in [2.24, 2.45) is 0 Å². The minimum Gasteiger partial charge on any atom is -0.462 e. The van der Waals surface area contributed by atoms with Gasteiger partial charge in [-0.2, -0.15) is 4.31 Å². The van der Waals surface area contributed by atoms with Crippen LogP contribution in [0, 0.1) is 0 Å². The molecule has 0 aromatic heterocycles. The molecule has 0 amide bonds. The van der Waals surface area contributed by atoms with E-state index in [1.54, 1.807) is 0 Å². The van der Waals surface area contributed by atoms with Crippen LogP contribution in [-0.2, 0) is 69.7 Å². The number of phosphoric ester groups is 2. The van der Waals surface area contributed by atoms with Gasteiger partial charge in [0.25, 0.3) is 0 Å². The first kappa shape index (κ1) is 97.1. The maximum Gasteiger partial charge on any atom is 0.484 e. The Morgan fingerprint density at radius 3 is 0.657 bits per heavy atom. The van der Waals surface area contributed by atoms with Crippen LogP contribution in [-0.4, -0.2) is 140 Å². The molecule has 0 saturated carbocycles. The summed E-state index contributed by atoms with van der Waals surface area (Å²) in [4.78, 5) is 53.7. The molecule has 19 heteroatoms. The Balaban J connectivity index is 6.41. The average molecular weight is 1450 g/mol. The predicted molar refractivity (Wildman–Crippen MR) is 409 cm³/mol. The summed E-state index contributed by atoms with van der Waals surface area (Å²) in [6, 6.07) is 0. The van der Waals surface area contributed by atoms with Crippen LogP contribution in [0.25, 0.3) is 0 Å². The maximum atomic E-state index is 15.2. The molecule has 17 nitrogen and oxygen atoms in total. The van der Waals surface area contributed by atoms with Gasteiger partial charge in [0.05, 0.1) is 55.5 Å². The van der Waals surface area contributed by atoms with Crippen molar-refractivity contribution >= 4 is 39.5 Å². The van der Waals surface area contributed by atoms with Gasteiger partial charge in [0, 0.05) is 25.7 Å². The number of carbonyl (C=O) groups is 4. The number of unbranched alkanes of at least 4 members (excludes halogenated alkanes) is 48. The molecule has 0 aliphatic heterocycles. The van der Waals surface area contributed by atoms with E-state index in [9.17, 15) is 19.2 Å². The second-order valence-corrected chi connectivity index (χ2v) is 34.3. The lowest BCUT2D eigenvalue weighted by Gasteiger charge is -2.28. The van der Waals surface area contributed by atoms with E-state index in [-0.39, 0.29) is 52.1 Å². The summed E-state index contributed by atoms with van der Waals surface area (Å²) in [6.07, 6.45) is 58.8. The summed E-state index contributed by atoms with van der Waals surface area (Å²) in [5.41, 5.74) is 0. The molecule has 4 atom stereocenters. The zero-order valence-corrected chi connectivity index (χ0v) is 68.1. The third-order valence-electron chi connectivity index (χ3n) is 18.5. The molecule has 0 aliphatic rings. The summed E-state index contributed by atoms with van der Waals surface area (Å²) in [6.45, 7) is 7.23. The van der Waals surface area contributed by atoms with Crippen molar-refractivity contribution in [2.75, 3.05) is 95.0 Å². The molecule has 0 heterocycles. The fourth-order valence-electron chi connectivity index (χ4n) is 11.9. The van der Waals surface area contributed by atoms with Gasteiger partial charge in [-0.05, 0) is 25.7 Å². The van der Waals surface area contributed by atoms with Crippen molar-refractivity contribution in [2.45, 2.75) is 399 Å². The number of phosphoric acid groups is 2. The highest BCUT2D eigenvalue weighted by atomic mass is 31.3. The Morgan fingerprint density at radius 1 is 0.263 bits per heavy atom. The maximum absolute atomic E-state index is 15.2. The second kappa shape index (κ2) is 67.9. The fourth-order valence-corrected chi connectivity index (χ4v) is 15.1. The fraction of sp³-hybridized carbons (Fsp3) is 0.950. The highest BCUT2D eigenvalue weighted by Gasteiger charge is 2.43. The van der Waals surface area contributed by atoms with Gasteiger partial charge in [-0.15, -0.1) is 0 Å². The van der Waals surface area contributed by atoms with Crippen molar-refractivity contribution in [3.63, 3.8) is 0 Å². The Hall–Kier alpha value is -1.94. The Kier molecular flexibility index (Phi) is 66.6. The molecule has 0 saturated heterocycles. The molecule has 0 fully saturated rings. The van der Waals surface area contributed by atoms with Gasteiger partial charge in [0.2, 0.25) is 0 Å². The van der Waals surface area contributed by atoms with E-state index >= 15 is 9.13 Å². The number of rotatable bonds is 78. The largest absolute Gasteiger partial charge is 0.484 e. The number of hydrogen-bond donors (Lipinski definition) is 0. The highest BCUT2D eigenvalue weighted by molar-refractivity contribution is 7.62. The van der Waals surface area contributed by atoms with Crippen LogP contribution in [0.5, 0.6) is 0 Å². The predicted octanol–water partition coefficient (Wildman–Crippen LogP) is 23.5. The van der Waals surface area contributed by atoms with Gasteiger partial charge in [-0.1, -0.05) is 336 Å². The van der Waals surface area contributed by atoms with Crippen LogP contribution in [0.2, 0.25) is 0 Å². The molecule has 0 rings (SSSR count). The second-order valence-electron chi connectivity index (χ2n) is 30.8. The number of carbonyl (C=O) groups excluding carboxylic acids is 4. The third kappa shape index (κ3) is 70.2. The third-order valence-corrected chi connectivity index (χ3v) is 22.0. The van der Waals surface area contributed by atoms with Crippen molar-refractivity contribution in [3.8, 4) is 0 Å². The topological polar surface area (TPSA) is 185 Å². The van der Waals surface area contributed by atoms with Gasteiger partial charge in [-0.25, -0.2) is 9.13 Å². The van der Waals surface area contributed by atoms with Crippen LogP contribution in [0.3, 0.4) is 0 Å². The van der Waals surface area contributed by atoms with Crippen LogP contribution in [0.4, 0.5) is 0 Å². The molecule has 99 heavy (non-hydrogen) atoms. The van der Waals surface area contributed by atoms with Gasteiger partial charge >= 0.3 is 39.5 Å². The number of ether oxygens (including phenoxy) is 4. The molecule has 0 aromatic carbocycles. The van der Waals surface area contributed by atoms with E-state index in [0.29, 0.717) is 47.7 Å². The molecular weight excluding hydrogens is 1290 g/mol. The Morgan fingerprint density at radius 2 is 0.455 bits per heavy atom. The molecule has 0 bridgehead atoms. The van der Waals surface area contributed by atoms with Crippen molar-refractivity contribution in [1.29, 1.82) is 0 Å². The van der Waals surface area contributed by atoms with Gasteiger partial charge in [0.15, 0.2) is 12.2 Å². The SMILES string of the molecule is CCCCCCCCCCCCCCCC(=O)OCC(COP(=O)(OCC[N+](C)(C)C)OP(=O)(OCC[N+](C)(C)C)OC[C@@H](COC(=O)CCCCCCCCCCCCCCC)OC(=O)CCCCCCCCCCCCCCC)OC(=O)CCCCCCCCCCCCCCC. The van der Waals surface area contributed by atoms with Crippen molar-refractivity contribution < 1.29 is 78.6 Å². The van der Waals surface area contributed by atoms with Gasteiger partial charge in [-0.3, -0.25) is 37.3 Å². The monoisotopic (exact) mass is 1450 g/mol. The first-order chi connectivity index (χ1) is 47.7. The molecule has 0 radical (unpaired) electrons. The summed E-state index contributed by atoms with van der Waals surface area (Å²) >= 11 is 0. The summed E-state index contributed by atoms with van der Waals surface area (Å²) in [5.74, 6) is -1.97. The van der Waals surface area contributed by atoms with Gasteiger partial charge in [0.1, 0.15) is 39.5 Å². The lowest BCUT2D eigenvalue weighted by molar-refractivity contribution is -0.870. The van der Waals surface area contributed by atoms with E-state index in [0.717, 1.165) is 77.0 Å². The van der Waals surface area contributed by atoms with E-state index in [1.165, 1.54) is 231 Å².